The summed E-state index contributed by atoms with van der Waals surface area (Å²) in [7, 11) is 0. The van der Waals surface area contributed by atoms with Gasteiger partial charge in [0.15, 0.2) is 0 Å². The van der Waals surface area contributed by atoms with Gasteiger partial charge in [-0.2, -0.15) is 0 Å². The molecule has 0 saturated carbocycles. The van der Waals surface area contributed by atoms with Crippen molar-refractivity contribution in [1.82, 2.24) is 4.98 Å². The number of thioether (sulfide) groups is 1. The first-order valence-corrected chi connectivity index (χ1v) is 6.68. The molecule has 1 saturated heterocycles. The van der Waals surface area contributed by atoms with Crippen molar-refractivity contribution < 1.29 is 9.59 Å². The maximum absolute atomic E-state index is 11.8. The number of amides is 1. The van der Waals surface area contributed by atoms with E-state index >= 15 is 0 Å². The fourth-order valence-electron chi connectivity index (χ4n) is 1.58. The molecule has 0 spiro atoms. The van der Waals surface area contributed by atoms with E-state index in [2.05, 4.69) is 10.3 Å². The van der Waals surface area contributed by atoms with Gasteiger partial charge >= 0.3 is 0 Å². The van der Waals surface area contributed by atoms with Crippen LogP contribution in [-0.2, 0) is 4.79 Å². The van der Waals surface area contributed by atoms with Crippen LogP contribution >= 0.6 is 23.4 Å². The molecule has 4 nitrogen and oxygen atoms in total. The minimum Gasteiger partial charge on any atom is -0.310 e. The van der Waals surface area contributed by atoms with Crippen LogP contribution in [0.2, 0.25) is 0 Å². The van der Waals surface area contributed by atoms with E-state index in [9.17, 15) is 9.59 Å². The van der Waals surface area contributed by atoms with Gasteiger partial charge in [-0.05, 0) is 42.3 Å². The predicted octanol–water partition coefficient (Wildman–Crippen LogP) is 2.29. The van der Waals surface area contributed by atoms with Crippen LogP contribution in [0.3, 0.4) is 0 Å². The van der Waals surface area contributed by atoms with Crippen LogP contribution in [0.25, 0.3) is 0 Å². The Hall–Kier alpha value is -1.07. The number of hydrogen-bond donors (Lipinski definition) is 1. The van der Waals surface area contributed by atoms with Crippen LogP contribution in [-0.4, -0.2) is 27.1 Å². The molecular formula is C11H11ClN2O2S. The van der Waals surface area contributed by atoms with Crippen molar-refractivity contribution >= 4 is 40.3 Å². The molecule has 1 aromatic rings. The number of aromatic nitrogens is 1. The fraction of sp³-hybridized carbons (Fsp3) is 0.364. The zero-order chi connectivity index (χ0) is 12.3. The maximum atomic E-state index is 11.8. The van der Waals surface area contributed by atoms with Crippen LogP contribution in [0, 0.1) is 0 Å². The third-order valence-corrected chi connectivity index (χ3v) is 4.06. The van der Waals surface area contributed by atoms with Crippen LogP contribution in [0.15, 0.2) is 18.3 Å². The molecule has 0 radical (unpaired) electrons. The van der Waals surface area contributed by atoms with E-state index in [1.807, 2.05) is 0 Å². The van der Waals surface area contributed by atoms with E-state index in [-0.39, 0.29) is 11.2 Å². The third-order valence-electron chi connectivity index (χ3n) is 2.46. The Kier molecular flexibility index (Phi) is 4.02. The summed E-state index contributed by atoms with van der Waals surface area (Å²) in [6.07, 6.45) is 3.34. The molecule has 0 aliphatic carbocycles. The Morgan fingerprint density at radius 2 is 2.29 bits per heavy atom. The minimum atomic E-state index is -0.554. The van der Waals surface area contributed by atoms with Crippen molar-refractivity contribution in [1.29, 1.82) is 0 Å². The number of halogens is 1. The highest BCUT2D eigenvalue weighted by atomic mass is 35.5. The summed E-state index contributed by atoms with van der Waals surface area (Å²) >= 11 is 6.96. The highest BCUT2D eigenvalue weighted by molar-refractivity contribution is 8.00. The van der Waals surface area contributed by atoms with Gasteiger partial charge < -0.3 is 5.32 Å². The molecule has 1 aliphatic rings. The van der Waals surface area contributed by atoms with Gasteiger partial charge in [0.05, 0.1) is 10.8 Å². The van der Waals surface area contributed by atoms with Crippen molar-refractivity contribution in [2.75, 3.05) is 11.1 Å². The molecule has 2 heterocycles. The molecule has 2 rings (SSSR count). The first-order chi connectivity index (χ1) is 8.16. The molecule has 90 valence electrons. The van der Waals surface area contributed by atoms with Gasteiger partial charge in [-0.25, -0.2) is 4.98 Å². The molecule has 6 heteroatoms. The van der Waals surface area contributed by atoms with Crippen LogP contribution in [0.1, 0.15) is 23.2 Å². The number of hydrogen-bond acceptors (Lipinski definition) is 4. The second kappa shape index (κ2) is 5.51. The van der Waals surface area contributed by atoms with E-state index in [0.717, 1.165) is 18.6 Å². The zero-order valence-electron chi connectivity index (χ0n) is 8.98. The Balaban J connectivity index is 1.98. The molecule has 0 bridgehead atoms. The van der Waals surface area contributed by atoms with Crippen molar-refractivity contribution in [3.05, 3.63) is 23.9 Å². The molecular weight excluding hydrogens is 260 g/mol. The second-order valence-corrected chi connectivity index (χ2v) is 5.35. The van der Waals surface area contributed by atoms with Crippen LogP contribution < -0.4 is 5.32 Å². The van der Waals surface area contributed by atoms with Crippen molar-refractivity contribution in [3.63, 3.8) is 0 Å². The van der Waals surface area contributed by atoms with E-state index in [1.54, 1.807) is 23.9 Å². The smallest absolute Gasteiger partial charge is 0.253 e. The van der Waals surface area contributed by atoms with E-state index in [0.29, 0.717) is 11.4 Å². The third kappa shape index (κ3) is 3.20. The average Bonchev–Trinajstić information content (AvgIpc) is 2.83. The SMILES string of the molecule is O=C(Cl)c1ccc(NC(=O)C2CCCS2)nc1. The monoisotopic (exact) mass is 270 g/mol. The standard InChI is InChI=1S/C11H11ClN2O2S/c12-10(15)7-3-4-9(13-6-7)14-11(16)8-2-1-5-17-8/h3-4,6,8H,1-2,5H2,(H,13,14,16). The van der Waals surface area contributed by atoms with E-state index < -0.39 is 5.24 Å². The number of anilines is 1. The summed E-state index contributed by atoms with van der Waals surface area (Å²) in [6, 6.07) is 3.12. The Labute approximate surface area is 108 Å². The van der Waals surface area contributed by atoms with Crippen LogP contribution in [0.5, 0.6) is 0 Å². The number of carbonyl (C=O) groups excluding carboxylic acids is 2. The number of carbonyl (C=O) groups is 2. The first kappa shape index (κ1) is 12.4. The second-order valence-electron chi connectivity index (χ2n) is 3.70. The summed E-state index contributed by atoms with van der Waals surface area (Å²) in [5, 5.41) is 2.19. The predicted molar refractivity (Wildman–Crippen MR) is 68.5 cm³/mol. The number of rotatable bonds is 3. The average molecular weight is 271 g/mol. The molecule has 1 atom stereocenters. The summed E-state index contributed by atoms with van der Waals surface area (Å²) in [6.45, 7) is 0. The normalized spacial score (nSPS) is 19.0. The van der Waals surface area contributed by atoms with Gasteiger partial charge in [-0.3, -0.25) is 9.59 Å². The largest absolute Gasteiger partial charge is 0.310 e. The van der Waals surface area contributed by atoms with Gasteiger partial charge in [0, 0.05) is 6.20 Å². The fourth-order valence-corrected chi connectivity index (χ4v) is 2.85. The minimum absolute atomic E-state index is 0.0196. The van der Waals surface area contributed by atoms with E-state index in [1.165, 1.54) is 6.20 Å². The lowest BCUT2D eigenvalue weighted by molar-refractivity contribution is -0.115. The summed E-state index contributed by atoms with van der Waals surface area (Å²) in [5.74, 6) is 1.46. The first-order valence-electron chi connectivity index (χ1n) is 5.25. The van der Waals surface area contributed by atoms with Crippen molar-refractivity contribution in [2.45, 2.75) is 18.1 Å². The van der Waals surface area contributed by atoms with Gasteiger partial charge in [-0.1, -0.05) is 0 Å². The Morgan fingerprint density at radius 1 is 1.47 bits per heavy atom. The Bertz CT molecular complexity index is 430. The van der Waals surface area contributed by atoms with Crippen LogP contribution in [0.4, 0.5) is 5.82 Å². The molecule has 0 aromatic carbocycles. The lowest BCUT2D eigenvalue weighted by atomic mass is 10.2. The molecule has 1 amide bonds. The highest BCUT2D eigenvalue weighted by Crippen LogP contribution is 2.26. The topological polar surface area (TPSA) is 59.1 Å². The molecule has 1 aliphatic heterocycles. The molecule has 1 N–H and O–H groups in total. The van der Waals surface area contributed by atoms with Crippen molar-refractivity contribution in [3.8, 4) is 0 Å². The highest BCUT2D eigenvalue weighted by Gasteiger charge is 2.23. The van der Waals surface area contributed by atoms with E-state index in [4.69, 9.17) is 11.6 Å². The van der Waals surface area contributed by atoms with Gasteiger partial charge in [0.25, 0.3) is 5.24 Å². The zero-order valence-corrected chi connectivity index (χ0v) is 10.6. The van der Waals surface area contributed by atoms with Gasteiger partial charge in [0.2, 0.25) is 5.91 Å². The number of nitrogens with one attached hydrogen (secondary N) is 1. The van der Waals surface area contributed by atoms with Gasteiger partial charge in [0.1, 0.15) is 5.82 Å². The number of nitrogens with zero attached hydrogens (tertiary/aromatic N) is 1. The summed E-state index contributed by atoms with van der Waals surface area (Å²) in [4.78, 5) is 26.6. The molecule has 1 fully saturated rings. The number of pyridine rings is 1. The van der Waals surface area contributed by atoms with Gasteiger partial charge in [-0.15, -0.1) is 11.8 Å². The lowest BCUT2D eigenvalue weighted by Crippen LogP contribution is -2.23. The molecule has 1 unspecified atom stereocenters. The van der Waals surface area contributed by atoms with Crippen molar-refractivity contribution in [2.24, 2.45) is 0 Å². The Morgan fingerprint density at radius 3 is 2.82 bits per heavy atom. The molecule has 1 aromatic heterocycles. The quantitative estimate of drug-likeness (QED) is 0.856. The summed E-state index contributed by atoms with van der Waals surface area (Å²) < 4.78 is 0. The summed E-state index contributed by atoms with van der Waals surface area (Å²) in [5.41, 5.74) is 0.319. The lowest BCUT2D eigenvalue weighted by Gasteiger charge is -2.08. The molecule has 17 heavy (non-hydrogen) atoms. The maximum Gasteiger partial charge on any atom is 0.253 e.